The van der Waals surface area contributed by atoms with Crippen molar-refractivity contribution >= 4 is 22.7 Å². The van der Waals surface area contributed by atoms with Crippen molar-refractivity contribution in [3.63, 3.8) is 0 Å². The number of aromatic nitrogens is 1. The SMILES string of the molecule is Cc1cc(C(=O)N2C(C)CN(C(=O)C(C)(C)C)CC2C)c2ccccc2n1. The van der Waals surface area contributed by atoms with Gasteiger partial charge in [0.1, 0.15) is 0 Å². The Bertz CT molecular complexity index is 873. The standard InChI is InChI=1S/C22H29N3O2/c1-14-11-18(17-9-7-8-10-19(17)23-14)20(26)25-15(2)12-24(13-16(25)3)21(27)22(4,5)6/h7-11,15-16H,12-13H2,1-6H3. The van der Waals surface area contributed by atoms with E-state index >= 15 is 0 Å². The Balaban J connectivity index is 1.92. The predicted molar refractivity (Wildman–Crippen MR) is 108 cm³/mol. The summed E-state index contributed by atoms with van der Waals surface area (Å²) >= 11 is 0. The monoisotopic (exact) mass is 367 g/mol. The second kappa shape index (κ2) is 6.95. The summed E-state index contributed by atoms with van der Waals surface area (Å²) in [5, 5.41) is 0.876. The van der Waals surface area contributed by atoms with Crippen LogP contribution in [0.4, 0.5) is 0 Å². The van der Waals surface area contributed by atoms with Crippen LogP contribution >= 0.6 is 0 Å². The van der Waals surface area contributed by atoms with Crippen molar-refractivity contribution in [1.29, 1.82) is 0 Å². The van der Waals surface area contributed by atoms with E-state index in [-0.39, 0.29) is 23.9 Å². The number of carbonyl (C=O) groups is 2. The van der Waals surface area contributed by atoms with Crippen LogP contribution in [0.25, 0.3) is 10.9 Å². The lowest BCUT2D eigenvalue weighted by Gasteiger charge is -2.46. The van der Waals surface area contributed by atoms with Crippen molar-refractivity contribution in [2.75, 3.05) is 13.1 Å². The molecule has 0 radical (unpaired) electrons. The number of piperazine rings is 1. The molecule has 5 nitrogen and oxygen atoms in total. The number of fused-ring (bicyclic) bond motifs is 1. The predicted octanol–water partition coefficient (Wildman–Crippen LogP) is 3.65. The maximum atomic E-state index is 13.5. The van der Waals surface area contributed by atoms with Crippen LogP contribution in [-0.4, -0.2) is 51.8 Å². The van der Waals surface area contributed by atoms with Crippen molar-refractivity contribution in [1.82, 2.24) is 14.8 Å². The molecule has 0 N–H and O–H groups in total. The lowest BCUT2D eigenvalue weighted by molar-refractivity contribution is -0.143. The second-order valence-corrected chi connectivity index (χ2v) is 8.70. The first-order chi connectivity index (χ1) is 12.6. The molecule has 0 spiro atoms. The lowest BCUT2D eigenvalue weighted by Crippen LogP contribution is -2.61. The average molecular weight is 367 g/mol. The summed E-state index contributed by atoms with van der Waals surface area (Å²) in [7, 11) is 0. The molecule has 144 valence electrons. The van der Waals surface area contributed by atoms with Gasteiger partial charge in [-0.3, -0.25) is 14.6 Å². The molecule has 3 rings (SSSR count). The summed E-state index contributed by atoms with van der Waals surface area (Å²) in [5.74, 6) is 0.151. The van der Waals surface area contributed by atoms with Gasteiger partial charge in [-0.1, -0.05) is 39.0 Å². The van der Waals surface area contributed by atoms with Crippen molar-refractivity contribution < 1.29 is 9.59 Å². The van der Waals surface area contributed by atoms with Crippen LogP contribution in [0.5, 0.6) is 0 Å². The Morgan fingerprint density at radius 2 is 1.67 bits per heavy atom. The van der Waals surface area contributed by atoms with E-state index < -0.39 is 5.41 Å². The molecule has 5 heteroatoms. The number of aryl methyl sites for hydroxylation is 1. The average Bonchev–Trinajstić information content (AvgIpc) is 2.58. The van der Waals surface area contributed by atoms with Gasteiger partial charge in [-0.15, -0.1) is 0 Å². The summed E-state index contributed by atoms with van der Waals surface area (Å²) in [6, 6.07) is 9.54. The maximum absolute atomic E-state index is 13.5. The van der Waals surface area contributed by atoms with Gasteiger partial charge in [-0.2, -0.15) is 0 Å². The molecule has 1 aromatic heterocycles. The van der Waals surface area contributed by atoms with E-state index in [0.29, 0.717) is 18.7 Å². The van der Waals surface area contributed by atoms with Crippen LogP contribution in [0.15, 0.2) is 30.3 Å². The molecule has 0 saturated carbocycles. The fourth-order valence-corrected chi connectivity index (χ4v) is 3.99. The minimum Gasteiger partial charge on any atom is -0.338 e. The van der Waals surface area contributed by atoms with E-state index in [1.54, 1.807) is 0 Å². The Hall–Kier alpha value is -2.43. The van der Waals surface area contributed by atoms with E-state index in [4.69, 9.17) is 0 Å². The Morgan fingerprint density at radius 3 is 2.26 bits per heavy atom. The highest BCUT2D eigenvalue weighted by Crippen LogP contribution is 2.26. The first kappa shape index (κ1) is 19.3. The first-order valence-corrected chi connectivity index (χ1v) is 9.58. The molecule has 27 heavy (non-hydrogen) atoms. The zero-order valence-electron chi connectivity index (χ0n) is 17.1. The van der Waals surface area contributed by atoms with Gasteiger partial charge in [0.05, 0.1) is 11.1 Å². The number of pyridine rings is 1. The summed E-state index contributed by atoms with van der Waals surface area (Å²) in [6.07, 6.45) is 0. The normalized spacial score (nSPS) is 20.8. The molecular formula is C22H29N3O2. The minimum absolute atomic E-state index is 0.0135. The number of nitrogens with zero attached hydrogens (tertiary/aromatic N) is 3. The quantitative estimate of drug-likeness (QED) is 0.773. The highest BCUT2D eigenvalue weighted by atomic mass is 16.2. The second-order valence-electron chi connectivity index (χ2n) is 8.70. The van der Waals surface area contributed by atoms with Gasteiger partial charge in [0.15, 0.2) is 0 Å². The Labute approximate surface area is 161 Å². The third-order valence-corrected chi connectivity index (χ3v) is 5.16. The molecule has 1 aromatic carbocycles. The number of benzene rings is 1. The minimum atomic E-state index is -0.413. The molecular weight excluding hydrogens is 338 g/mol. The van der Waals surface area contributed by atoms with Crippen LogP contribution in [0.2, 0.25) is 0 Å². The molecule has 1 aliphatic rings. The molecule has 2 atom stereocenters. The highest BCUT2D eigenvalue weighted by molar-refractivity contribution is 6.06. The van der Waals surface area contributed by atoms with Gasteiger partial charge in [-0.25, -0.2) is 0 Å². The molecule has 0 bridgehead atoms. The van der Waals surface area contributed by atoms with Crippen molar-refractivity contribution in [2.45, 2.75) is 53.6 Å². The van der Waals surface area contributed by atoms with Crippen LogP contribution in [0, 0.1) is 12.3 Å². The molecule has 2 aromatic rings. The number of carbonyl (C=O) groups excluding carboxylic acids is 2. The number of hydrogen-bond donors (Lipinski definition) is 0. The van der Waals surface area contributed by atoms with Crippen LogP contribution in [0.1, 0.15) is 50.7 Å². The molecule has 1 fully saturated rings. The van der Waals surface area contributed by atoms with Gasteiger partial charge >= 0.3 is 0 Å². The molecule has 1 saturated heterocycles. The third kappa shape index (κ3) is 3.68. The number of amides is 2. The van der Waals surface area contributed by atoms with Crippen LogP contribution < -0.4 is 0 Å². The van der Waals surface area contributed by atoms with E-state index in [0.717, 1.165) is 16.6 Å². The van der Waals surface area contributed by atoms with E-state index in [9.17, 15) is 9.59 Å². The van der Waals surface area contributed by atoms with Gasteiger partial charge in [0.25, 0.3) is 5.91 Å². The van der Waals surface area contributed by atoms with Gasteiger partial charge < -0.3 is 9.80 Å². The van der Waals surface area contributed by atoms with E-state index in [1.165, 1.54) is 0 Å². The van der Waals surface area contributed by atoms with E-state index in [1.807, 2.05) is 81.7 Å². The fraction of sp³-hybridized carbons (Fsp3) is 0.500. The smallest absolute Gasteiger partial charge is 0.255 e. The van der Waals surface area contributed by atoms with Crippen molar-refractivity contribution in [3.8, 4) is 0 Å². The molecule has 2 heterocycles. The van der Waals surface area contributed by atoms with Gasteiger partial charge in [0, 0.05) is 41.7 Å². The number of hydrogen-bond acceptors (Lipinski definition) is 3. The third-order valence-electron chi connectivity index (χ3n) is 5.16. The topological polar surface area (TPSA) is 53.5 Å². The Kier molecular flexibility index (Phi) is 4.98. The highest BCUT2D eigenvalue weighted by Gasteiger charge is 2.38. The summed E-state index contributed by atoms with van der Waals surface area (Å²) in [5.41, 5.74) is 1.94. The molecule has 2 amide bonds. The first-order valence-electron chi connectivity index (χ1n) is 9.58. The van der Waals surface area contributed by atoms with Crippen molar-refractivity contribution in [2.24, 2.45) is 5.41 Å². The number of rotatable bonds is 1. The summed E-state index contributed by atoms with van der Waals surface area (Å²) in [6.45, 7) is 12.9. The van der Waals surface area contributed by atoms with Gasteiger partial charge in [0.2, 0.25) is 5.91 Å². The summed E-state index contributed by atoms with van der Waals surface area (Å²) in [4.78, 5) is 34.5. The number of para-hydroxylation sites is 1. The zero-order valence-corrected chi connectivity index (χ0v) is 17.1. The van der Waals surface area contributed by atoms with Gasteiger partial charge in [-0.05, 0) is 32.9 Å². The zero-order chi connectivity index (χ0) is 19.9. The van der Waals surface area contributed by atoms with Crippen LogP contribution in [0.3, 0.4) is 0 Å². The largest absolute Gasteiger partial charge is 0.338 e. The molecule has 0 aliphatic carbocycles. The fourth-order valence-electron chi connectivity index (χ4n) is 3.99. The maximum Gasteiger partial charge on any atom is 0.255 e. The molecule has 1 aliphatic heterocycles. The molecule has 2 unspecified atom stereocenters. The van der Waals surface area contributed by atoms with Crippen molar-refractivity contribution in [3.05, 3.63) is 41.6 Å². The Morgan fingerprint density at radius 1 is 1.07 bits per heavy atom. The van der Waals surface area contributed by atoms with Crippen LogP contribution in [-0.2, 0) is 4.79 Å². The lowest BCUT2D eigenvalue weighted by atomic mass is 9.93. The summed E-state index contributed by atoms with van der Waals surface area (Å²) < 4.78 is 0. The van der Waals surface area contributed by atoms with E-state index in [2.05, 4.69) is 4.98 Å².